The summed E-state index contributed by atoms with van der Waals surface area (Å²) in [6, 6.07) is 19.5. The highest BCUT2D eigenvalue weighted by molar-refractivity contribution is 5.96. The van der Waals surface area contributed by atoms with E-state index in [-0.39, 0.29) is 44.6 Å². The van der Waals surface area contributed by atoms with Gasteiger partial charge < -0.3 is 54.6 Å². The number of guanidine groups is 1. The van der Waals surface area contributed by atoms with Crippen LogP contribution in [0.15, 0.2) is 108 Å². The summed E-state index contributed by atoms with van der Waals surface area (Å²) in [6.45, 7) is -1.20. The average molecular weight is 817 g/mol. The van der Waals surface area contributed by atoms with Crippen molar-refractivity contribution in [3.63, 3.8) is 0 Å². The third-order valence-corrected chi connectivity index (χ3v) is 8.89. The Hall–Kier alpha value is -6.66. The lowest BCUT2D eigenvalue weighted by molar-refractivity contribution is -0.135. The molecule has 0 fully saturated rings. The zero-order chi connectivity index (χ0) is 43.2. The standard InChI is InChI=1S/C41H53FN10O7/c42-29(24-43)18-19-35(54)48-32(22-27-13-6-2-7-14-27)38(57)52-34(25-53)40(59)51-33(23-28-15-8-3-9-16-28)39(58)49-30(17-10-20-47-41(45)46)37(56)50-31(36(44)55)21-26-11-4-1-5-12-26/h1-9,11-16,18,30-34,53H,10,17,19-25,43H2,(H2,44,55)(H,48,54)(H,49,58)(H,50,56)(H,51,59)(H,52,57)(H4,45,46,47)/b29-18-/t30-,31-,32-,33-,34-/m0/s1. The van der Waals surface area contributed by atoms with Crippen LogP contribution in [0.2, 0.25) is 0 Å². The van der Waals surface area contributed by atoms with E-state index in [1.807, 2.05) is 0 Å². The quantitative estimate of drug-likeness (QED) is 0.0295. The number of carbonyl (C=O) groups excluding carboxylic acids is 6. The summed E-state index contributed by atoms with van der Waals surface area (Å²) in [5, 5.41) is 23.1. The molecule has 0 radical (unpaired) electrons. The number of nitrogens with two attached hydrogens (primary N) is 4. The minimum atomic E-state index is -1.61. The van der Waals surface area contributed by atoms with Gasteiger partial charge >= 0.3 is 0 Å². The van der Waals surface area contributed by atoms with E-state index in [1.165, 1.54) is 0 Å². The zero-order valence-electron chi connectivity index (χ0n) is 32.5. The van der Waals surface area contributed by atoms with Crippen molar-refractivity contribution >= 4 is 41.4 Å². The Bertz CT molecular complexity index is 1900. The highest BCUT2D eigenvalue weighted by atomic mass is 19.1. The van der Waals surface area contributed by atoms with Gasteiger partial charge in [-0.15, -0.1) is 0 Å². The molecule has 17 nitrogen and oxygen atoms in total. The zero-order valence-corrected chi connectivity index (χ0v) is 32.5. The molecule has 0 aliphatic carbocycles. The maximum Gasteiger partial charge on any atom is 0.245 e. The van der Waals surface area contributed by atoms with Crippen LogP contribution >= 0.6 is 0 Å². The molecule has 0 saturated heterocycles. The van der Waals surface area contributed by atoms with E-state index < -0.39 is 91.1 Å². The first kappa shape index (κ1) is 46.7. The molecule has 6 amide bonds. The van der Waals surface area contributed by atoms with Crippen molar-refractivity contribution in [2.75, 3.05) is 19.7 Å². The molecule has 0 aliphatic rings. The van der Waals surface area contributed by atoms with Crippen LogP contribution < -0.4 is 49.5 Å². The second-order valence-corrected chi connectivity index (χ2v) is 13.5. The molecule has 316 valence electrons. The van der Waals surface area contributed by atoms with Crippen LogP contribution in [0.3, 0.4) is 0 Å². The first-order valence-electron chi connectivity index (χ1n) is 18.9. The molecular weight excluding hydrogens is 764 g/mol. The summed E-state index contributed by atoms with van der Waals surface area (Å²) in [5.74, 6) is -5.74. The third kappa shape index (κ3) is 17.2. The van der Waals surface area contributed by atoms with E-state index in [0.717, 1.165) is 11.6 Å². The van der Waals surface area contributed by atoms with E-state index in [1.54, 1.807) is 91.0 Å². The van der Waals surface area contributed by atoms with Crippen molar-refractivity contribution in [2.24, 2.45) is 27.9 Å². The molecule has 59 heavy (non-hydrogen) atoms. The van der Waals surface area contributed by atoms with Gasteiger partial charge in [-0.05, 0) is 35.6 Å². The smallest absolute Gasteiger partial charge is 0.245 e. The molecule has 0 heterocycles. The van der Waals surface area contributed by atoms with E-state index >= 15 is 0 Å². The third-order valence-electron chi connectivity index (χ3n) is 8.89. The van der Waals surface area contributed by atoms with E-state index in [0.29, 0.717) is 11.1 Å². The summed E-state index contributed by atoms with van der Waals surface area (Å²) >= 11 is 0. The number of nitrogens with one attached hydrogen (secondary N) is 5. The number of rotatable bonds is 24. The van der Waals surface area contributed by atoms with Crippen LogP contribution in [0.4, 0.5) is 4.39 Å². The number of halogens is 1. The van der Waals surface area contributed by atoms with Crippen molar-refractivity contribution < 1.29 is 38.3 Å². The van der Waals surface area contributed by atoms with Crippen molar-refractivity contribution in [1.29, 1.82) is 0 Å². The fourth-order valence-corrected chi connectivity index (χ4v) is 5.79. The van der Waals surface area contributed by atoms with Crippen molar-refractivity contribution in [3.05, 3.63) is 120 Å². The van der Waals surface area contributed by atoms with Gasteiger partial charge in [0.15, 0.2) is 5.96 Å². The molecule has 14 N–H and O–H groups in total. The minimum absolute atomic E-state index is 0.00960. The summed E-state index contributed by atoms with van der Waals surface area (Å²) < 4.78 is 13.6. The van der Waals surface area contributed by atoms with Crippen LogP contribution in [0.1, 0.15) is 36.0 Å². The number of hydrogen-bond acceptors (Lipinski definition) is 9. The highest BCUT2D eigenvalue weighted by Crippen LogP contribution is 2.10. The fraction of sp³-hybridized carbons (Fsp3) is 0.341. The van der Waals surface area contributed by atoms with Gasteiger partial charge in [0, 0.05) is 38.8 Å². The Labute approximate surface area is 341 Å². The van der Waals surface area contributed by atoms with Crippen LogP contribution in [0.25, 0.3) is 0 Å². The number of primary amides is 1. The fourth-order valence-electron chi connectivity index (χ4n) is 5.79. The largest absolute Gasteiger partial charge is 0.394 e. The van der Waals surface area contributed by atoms with Crippen LogP contribution in [-0.4, -0.2) is 96.4 Å². The van der Waals surface area contributed by atoms with Gasteiger partial charge in [0.05, 0.1) is 6.61 Å². The Kier molecular flexibility index (Phi) is 19.7. The number of benzene rings is 3. The first-order chi connectivity index (χ1) is 28.3. The van der Waals surface area contributed by atoms with Crippen LogP contribution in [0, 0.1) is 0 Å². The van der Waals surface area contributed by atoms with Crippen molar-refractivity contribution in [2.45, 2.75) is 68.7 Å². The number of aliphatic hydroxyl groups excluding tert-OH is 1. The van der Waals surface area contributed by atoms with Gasteiger partial charge in [0.25, 0.3) is 0 Å². The SMILES string of the molecule is NC/C(F)=C/CC(=O)N[C@@H](Cc1ccccc1)C(=O)N[C@@H](CO)C(=O)N[C@@H](Cc1ccccc1)C(=O)N[C@@H](CCCN=C(N)N)C(=O)N[C@@H](Cc1ccccc1)C(N)=O. The summed E-state index contributed by atoms with van der Waals surface area (Å²) in [6.07, 6.45) is 0.786. The van der Waals surface area contributed by atoms with Crippen molar-refractivity contribution in [1.82, 2.24) is 26.6 Å². The number of hydrogen-bond donors (Lipinski definition) is 10. The monoisotopic (exact) mass is 816 g/mol. The van der Waals surface area contributed by atoms with Gasteiger partial charge in [-0.3, -0.25) is 33.8 Å². The van der Waals surface area contributed by atoms with Crippen LogP contribution in [-0.2, 0) is 48.0 Å². The second-order valence-electron chi connectivity index (χ2n) is 13.5. The molecule has 5 atom stereocenters. The summed E-state index contributed by atoms with van der Waals surface area (Å²) in [5.41, 5.74) is 23.8. The van der Waals surface area contributed by atoms with Gasteiger partial charge in [0.2, 0.25) is 35.4 Å². The number of nitrogens with zero attached hydrogens (tertiary/aromatic N) is 1. The topological polar surface area (TPSA) is 299 Å². The molecule has 0 aliphatic heterocycles. The maximum absolute atomic E-state index is 14.0. The molecule has 3 rings (SSSR count). The molecular formula is C41H53FN10O7. The Morgan fingerprint density at radius 1 is 0.610 bits per heavy atom. The number of aliphatic hydroxyl groups is 1. The lowest BCUT2D eigenvalue weighted by Crippen LogP contribution is -2.60. The average Bonchev–Trinajstić information content (AvgIpc) is 3.22. The first-order valence-corrected chi connectivity index (χ1v) is 18.9. The molecule has 0 saturated carbocycles. The summed E-state index contributed by atoms with van der Waals surface area (Å²) in [7, 11) is 0. The highest BCUT2D eigenvalue weighted by Gasteiger charge is 2.32. The second kappa shape index (κ2) is 24.9. The van der Waals surface area contributed by atoms with Gasteiger partial charge in [-0.1, -0.05) is 91.0 Å². The predicted octanol–water partition coefficient (Wildman–Crippen LogP) is -1.13. The van der Waals surface area contributed by atoms with Crippen LogP contribution in [0.5, 0.6) is 0 Å². The number of carbonyl (C=O) groups is 6. The molecule has 3 aromatic rings. The Balaban J connectivity index is 1.84. The van der Waals surface area contributed by atoms with Gasteiger partial charge in [-0.25, -0.2) is 4.39 Å². The molecule has 3 aromatic carbocycles. The Morgan fingerprint density at radius 3 is 1.47 bits per heavy atom. The Morgan fingerprint density at radius 2 is 1.02 bits per heavy atom. The molecule has 18 heteroatoms. The van der Waals surface area contributed by atoms with E-state index in [4.69, 9.17) is 22.9 Å². The van der Waals surface area contributed by atoms with E-state index in [2.05, 4.69) is 31.6 Å². The predicted molar refractivity (Wildman–Crippen MR) is 219 cm³/mol. The molecule has 0 aromatic heterocycles. The lowest BCUT2D eigenvalue weighted by atomic mass is 10.0. The normalized spacial score (nSPS) is 13.6. The minimum Gasteiger partial charge on any atom is -0.394 e. The van der Waals surface area contributed by atoms with Crippen molar-refractivity contribution in [3.8, 4) is 0 Å². The van der Waals surface area contributed by atoms with Gasteiger partial charge in [-0.2, -0.15) is 0 Å². The number of aliphatic imine (C=N–C) groups is 1. The maximum atomic E-state index is 14.0. The molecule has 0 spiro atoms. The molecule has 0 unspecified atom stereocenters. The summed E-state index contributed by atoms with van der Waals surface area (Å²) in [4.78, 5) is 84.1. The van der Waals surface area contributed by atoms with Gasteiger partial charge in [0.1, 0.15) is 36.0 Å². The van der Waals surface area contributed by atoms with E-state index in [9.17, 15) is 38.3 Å². The molecule has 0 bridgehead atoms. The lowest BCUT2D eigenvalue weighted by Gasteiger charge is -2.27. The number of amides is 6.